The van der Waals surface area contributed by atoms with Gasteiger partial charge in [-0.3, -0.25) is 0 Å². The molecule has 18 aromatic carbocycles. The van der Waals surface area contributed by atoms with Crippen LogP contribution in [0.15, 0.2) is 381 Å². The van der Waals surface area contributed by atoms with Crippen LogP contribution < -0.4 is 0 Å². The van der Waals surface area contributed by atoms with Crippen LogP contribution in [0.25, 0.3) is 196 Å². The van der Waals surface area contributed by atoms with Gasteiger partial charge in [0.05, 0.1) is 8.95 Å². The van der Waals surface area contributed by atoms with E-state index in [-0.39, 0.29) is 0 Å². The van der Waals surface area contributed by atoms with E-state index >= 15 is 0 Å². The van der Waals surface area contributed by atoms with Crippen LogP contribution in [0, 0.1) is 0 Å². The monoisotopic (exact) mass is 1780 g/mol. The predicted molar refractivity (Wildman–Crippen MR) is 474 cm³/mol. The van der Waals surface area contributed by atoms with Gasteiger partial charge in [0.1, 0.15) is 67.0 Å². The maximum atomic E-state index is 6.05. The van der Waals surface area contributed by atoms with E-state index in [1.54, 1.807) is 0 Å². The molecule has 0 N–H and O–H groups in total. The number of para-hydroxylation sites is 4. The second kappa shape index (κ2) is 28.4. The lowest BCUT2D eigenvalue weighted by Crippen LogP contribution is -1.76. The summed E-state index contributed by atoms with van der Waals surface area (Å²) in [5.41, 5.74) is 11.3. The summed E-state index contributed by atoms with van der Waals surface area (Å²) >= 11 is 21.4. The number of fused-ring (bicyclic) bond motifs is 30. The van der Waals surface area contributed by atoms with E-state index in [4.69, 9.17) is 26.5 Å². The van der Waals surface area contributed by atoms with E-state index in [2.05, 4.69) is 284 Å². The molecule has 516 valence electrons. The Balaban J connectivity index is 0.0000000882. The third kappa shape index (κ3) is 12.2. The molecular weight excluding hydrogens is 1730 g/mol. The van der Waals surface area contributed by atoms with E-state index in [9.17, 15) is 0 Å². The van der Waals surface area contributed by atoms with E-state index < -0.39 is 0 Å². The van der Waals surface area contributed by atoms with Crippen molar-refractivity contribution in [3.8, 4) is 0 Å². The summed E-state index contributed by atoms with van der Waals surface area (Å²) in [6.07, 6.45) is 0. The van der Waals surface area contributed by atoms with Gasteiger partial charge in [-0.1, -0.05) is 294 Å². The second-order valence-corrected chi connectivity index (χ2v) is 31.6. The predicted octanol–water partition coefficient (Wildman–Crippen LogP) is 33.0. The maximum absolute atomic E-state index is 6.05. The molecule has 6 nitrogen and oxygen atoms in total. The van der Waals surface area contributed by atoms with Gasteiger partial charge in [0.15, 0.2) is 0 Å². The van der Waals surface area contributed by atoms with Crippen LogP contribution in [-0.2, 0) is 0 Å². The molecule has 0 unspecified atom stereocenters. The fourth-order valence-electron chi connectivity index (χ4n) is 15.0. The molecule has 108 heavy (non-hydrogen) atoms. The Morgan fingerprint density at radius 3 is 1.17 bits per heavy atom. The van der Waals surface area contributed by atoms with Gasteiger partial charge in [0.2, 0.25) is 0 Å². The molecule has 0 amide bonds. The van der Waals surface area contributed by atoms with Crippen molar-refractivity contribution in [2.45, 2.75) is 0 Å². The zero-order valence-corrected chi connectivity index (χ0v) is 66.4. The van der Waals surface area contributed by atoms with Gasteiger partial charge in [-0.15, -0.1) is 0 Å². The van der Waals surface area contributed by atoms with Crippen LogP contribution in [0.1, 0.15) is 0 Å². The minimum Gasteiger partial charge on any atom is -0.456 e. The minimum absolute atomic E-state index is 0.920. The highest BCUT2D eigenvalue weighted by atomic mass is 79.9. The normalized spacial score (nSPS) is 11.6. The molecule has 0 spiro atoms. The first-order chi connectivity index (χ1) is 53.0. The Hall–Kier alpha value is -10.8. The SMILES string of the molecule is Brc1cc2c3ccccc3oc2c2ccccc12.Brc1cc2ccccc2c2c1oc1ccccc12.Brc1cc2oc3ccccc3c2c2ccccc12.Brc1ccc2c(c1)oc1c3ccccc3ccc21.Brc1ccc2oc3c4ccccc4ccc3c2c1.Brc1cccc2c1oc1c3ccccc3ccc21. The van der Waals surface area contributed by atoms with E-state index in [1.165, 1.54) is 102 Å². The molecule has 0 radical (unpaired) electrons. The van der Waals surface area contributed by atoms with Crippen LogP contribution in [-0.4, -0.2) is 0 Å². The Labute approximate surface area is 666 Å². The highest BCUT2D eigenvalue weighted by Gasteiger charge is 2.18. The lowest BCUT2D eigenvalue weighted by molar-refractivity contribution is 0.667. The van der Waals surface area contributed by atoms with Crippen molar-refractivity contribution in [3.05, 3.63) is 354 Å². The minimum atomic E-state index is 0.920. The first-order valence-electron chi connectivity index (χ1n) is 35.0. The number of benzene rings is 18. The molecule has 0 bridgehead atoms. The zero-order chi connectivity index (χ0) is 72.7. The molecule has 0 aliphatic heterocycles. The highest BCUT2D eigenvalue weighted by molar-refractivity contribution is 9.11. The zero-order valence-electron chi connectivity index (χ0n) is 56.9. The molecule has 0 saturated carbocycles. The first kappa shape index (κ1) is 67.8. The molecule has 24 rings (SSSR count). The summed E-state index contributed by atoms with van der Waals surface area (Å²) in [6.45, 7) is 0. The number of furan rings is 6. The first-order valence-corrected chi connectivity index (χ1v) is 39.7. The van der Waals surface area contributed by atoms with Crippen molar-refractivity contribution in [1.82, 2.24) is 0 Å². The van der Waals surface area contributed by atoms with Crippen molar-refractivity contribution in [2.24, 2.45) is 0 Å². The van der Waals surface area contributed by atoms with Crippen molar-refractivity contribution in [2.75, 3.05) is 0 Å². The second-order valence-electron chi connectivity index (χ2n) is 26.3. The molecule has 6 aromatic heterocycles. The van der Waals surface area contributed by atoms with E-state index in [0.717, 1.165) is 121 Å². The standard InChI is InChI=1S/6C16H9BrO/c17-14-9-13-11-6-3-4-8-15(11)18-16(13)12-7-2-1-5-10(12)14;17-13-9-15-16(11-6-2-1-5-10(11)13)12-7-3-4-8-14(12)18-15;17-13-9-10-5-1-2-6-11(10)15-12-7-3-4-8-14(12)18-16(13)15;17-14-7-3-6-12-13-9-8-10-4-1-2-5-11(10)15(13)18-16(12)14;17-11-6-8-13-14-7-5-10-3-1-2-4-12(10)16(14)18-15(13)9-11;17-11-6-8-15-14(9-11)13-7-5-10-3-1-2-4-12(10)16(13)18-15/h6*1-9H. The Kier molecular flexibility index (Phi) is 17.8. The lowest BCUT2D eigenvalue weighted by atomic mass is 10.0. The topological polar surface area (TPSA) is 78.8 Å². The van der Waals surface area contributed by atoms with Gasteiger partial charge in [-0.2, -0.15) is 0 Å². The summed E-state index contributed by atoms with van der Waals surface area (Å²) < 4.78 is 42.2. The summed E-state index contributed by atoms with van der Waals surface area (Å²) in [5, 5.41) is 28.4. The molecule has 0 fully saturated rings. The summed E-state index contributed by atoms with van der Waals surface area (Å²) in [4.78, 5) is 0. The summed E-state index contributed by atoms with van der Waals surface area (Å²) in [6, 6.07) is 112. The molecular formula is C96H54Br6O6. The van der Waals surface area contributed by atoms with Crippen LogP contribution in [0.5, 0.6) is 0 Å². The third-order valence-electron chi connectivity index (χ3n) is 20.0. The van der Waals surface area contributed by atoms with E-state index in [0.29, 0.717) is 0 Å². The molecule has 0 saturated heterocycles. The van der Waals surface area contributed by atoms with Gasteiger partial charge in [0, 0.05) is 104 Å². The average Bonchev–Trinajstić information content (AvgIpc) is 1.66. The van der Waals surface area contributed by atoms with Crippen LogP contribution in [0.2, 0.25) is 0 Å². The maximum Gasteiger partial charge on any atom is 0.150 e. The molecule has 0 aliphatic carbocycles. The fraction of sp³-hybridized carbons (Fsp3) is 0. The number of hydrogen-bond donors (Lipinski definition) is 0. The number of rotatable bonds is 0. The molecule has 6 heterocycles. The fourth-order valence-corrected chi connectivity index (χ4v) is 17.8. The van der Waals surface area contributed by atoms with Gasteiger partial charge in [-0.05, 0) is 172 Å². The summed E-state index contributed by atoms with van der Waals surface area (Å²) in [7, 11) is 0. The molecule has 12 heteroatoms. The number of halogens is 6. The van der Waals surface area contributed by atoms with Gasteiger partial charge < -0.3 is 26.5 Å². The van der Waals surface area contributed by atoms with Crippen molar-refractivity contribution in [3.63, 3.8) is 0 Å². The van der Waals surface area contributed by atoms with Crippen molar-refractivity contribution >= 4 is 292 Å². The Morgan fingerprint density at radius 2 is 0.528 bits per heavy atom. The lowest BCUT2D eigenvalue weighted by Gasteiger charge is -2.01. The number of hydrogen-bond acceptors (Lipinski definition) is 6. The molecule has 0 atom stereocenters. The molecule has 0 aliphatic rings. The van der Waals surface area contributed by atoms with Gasteiger partial charge in [-0.25, -0.2) is 0 Å². The summed E-state index contributed by atoms with van der Waals surface area (Å²) in [5.74, 6) is 0. The highest BCUT2D eigenvalue weighted by Crippen LogP contribution is 2.44. The Bertz CT molecular complexity index is 7630. The van der Waals surface area contributed by atoms with Gasteiger partial charge in [0.25, 0.3) is 0 Å². The van der Waals surface area contributed by atoms with E-state index in [1.807, 2.05) is 140 Å². The van der Waals surface area contributed by atoms with Crippen molar-refractivity contribution in [1.29, 1.82) is 0 Å². The van der Waals surface area contributed by atoms with Crippen LogP contribution in [0.4, 0.5) is 0 Å². The smallest absolute Gasteiger partial charge is 0.150 e. The van der Waals surface area contributed by atoms with Crippen LogP contribution >= 0.6 is 95.6 Å². The molecule has 24 aromatic rings. The third-order valence-corrected chi connectivity index (χ3v) is 23.5. The van der Waals surface area contributed by atoms with Crippen molar-refractivity contribution < 1.29 is 26.5 Å². The average molecular weight is 1780 g/mol. The van der Waals surface area contributed by atoms with Gasteiger partial charge >= 0.3 is 0 Å². The van der Waals surface area contributed by atoms with Crippen LogP contribution in [0.3, 0.4) is 0 Å². The Morgan fingerprint density at radius 1 is 0.148 bits per heavy atom. The largest absolute Gasteiger partial charge is 0.456 e. The quantitative estimate of drug-likeness (QED) is 0.151.